The first kappa shape index (κ1) is 10.8. The van der Waals surface area contributed by atoms with Crippen LogP contribution in [-0.2, 0) is 0 Å². The zero-order valence-electron chi connectivity index (χ0n) is 8.62. The third kappa shape index (κ3) is 3.22. The van der Waals surface area contributed by atoms with E-state index in [4.69, 9.17) is 5.11 Å². The van der Waals surface area contributed by atoms with Crippen LogP contribution in [0.3, 0.4) is 0 Å². The molecule has 0 bridgehead atoms. The molecule has 0 radical (unpaired) electrons. The summed E-state index contributed by atoms with van der Waals surface area (Å²) in [4.78, 5) is 4.11. The second-order valence-corrected chi connectivity index (χ2v) is 3.24. The molecule has 1 aromatic heterocycles. The molecule has 0 aliphatic rings. The first-order valence-corrected chi connectivity index (χ1v) is 4.77. The predicted molar refractivity (Wildman–Crippen MR) is 58.6 cm³/mol. The van der Waals surface area contributed by atoms with Crippen molar-refractivity contribution in [1.29, 1.82) is 0 Å². The molecule has 0 amide bonds. The minimum absolute atomic E-state index is 0.206. The van der Waals surface area contributed by atoms with Crippen LogP contribution in [-0.4, -0.2) is 29.8 Å². The summed E-state index contributed by atoms with van der Waals surface area (Å²) in [5.41, 5.74) is 1.02. The molecule has 1 unspecified atom stereocenters. The summed E-state index contributed by atoms with van der Waals surface area (Å²) in [5.74, 6) is 0.839. The van der Waals surface area contributed by atoms with Crippen molar-refractivity contribution in [3.8, 4) is 0 Å². The monoisotopic (exact) mass is 195 g/mol. The number of hydrogen-bond donors (Lipinski definition) is 3. The lowest BCUT2D eigenvalue weighted by Crippen LogP contribution is -2.16. The van der Waals surface area contributed by atoms with Crippen LogP contribution < -0.4 is 10.6 Å². The van der Waals surface area contributed by atoms with Gasteiger partial charge in [0.05, 0.1) is 0 Å². The Morgan fingerprint density at radius 2 is 2.36 bits per heavy atom. The van der Waals surface area contributed by atoms with Crippen LogP contribution in [0.2, 0.25) is 0 Å². The van der Waals surface area contributed by atoms with E-state index in [1.54, 1.807) is 6.20 Å². The number of anilines is 2. The van der Waals surface area contributed by atoms with Gasteiger partial charge in [0, 0.05) is 37.6 Å². The zero-order valence-corrected chi connectivity index (χ0v) is 8.62. The topological polar surface area (TPSA) is 57.2 Å². The number of aliphatic hydroxyl groups is 1. The first-order valence-electron chi connectivity index (χ1n) is 4.77. The molecule has 78 valence electrons. The van der Waals surface area contributed by atoms with Gasteiger partial charge in [-0.15, -0.1) is 0 Å². The maximum atomic E-state index is 8.75. The van der Waals surface area contributed by atoms with Gasteiger partial charge in [0.2, 0.25) is 0 Å². The average molecular weight is 195 g/mol. The number of aromatic nitrogens is 1. The van der Waals surface area contributed by atoms with Crippen LogP contribution in [0.4, 0.5) is 11.5 Å². The molecule has 0 aromatic carbocycles. The lowest BCUT2D eigenvalue weighted by atomic mass is 10.2. The minimum atomic E-state index is 0.206. The highest BCUT2D eigenvalue weighted by Crippen LogP contribution is 2.12. The summed E-state index contributed by atoms with van der Waals surface area (Å²) in [6.45, 7) is 2.24. The molecule has 0 aliphatic heterocycles. The third-order valence-corrected chi connectivity index (χ3v) is 1.99. The Kier molecular flexibility index (Phi) is 4.19. The summed E-state index contributed by atoms with van der Waals surface area (Å²) in [6, 6.07) is 4.12. The number of rotatable bonds is 5. The van der Waals surface area contributed by atoms with Crippen LogP contribution >= 0.6 is 0 Å². The molecule has 0 saturated heterocycles. The molecule has 0 spiro atoms. The van der Waals surface area contributed by atoms with Crippen LogP contribution in [0.1, 0.15) is 13.3 Å². The smallest absolute Gasteiger partial charge is 0.127 e. The van der Waals surface area contributed by atoms with Crippen molar-refractivity contribution in [2.24, 2.45) is 0 Å². The first-order chi connectivity index (χ1) is 6.76. The zero-order chi connectivity index (χ0) is 10.4. The van der Waals surface area contributed by atoms with Crippen molar-refractivity contribution in [1.82, 2.24) is 4.98 Å². The molecule has 3 N–H and O–H groups in total. The standard InChI is InChI=1S/C10H17N3O/c1-8(4-6-14)13-9-3-5-12-10(7-9)11-2/h3,5,7-8,14H,4,6H2,1-2H3,(H2,11,12,13). The van der Waals surface area contributed by atoms with Gasteiger partial charge < -0.3 is 15.7 Å². The van der Waals surface area contributed by atoms with Crippen molar-refractivity contribution in [2.45, 2.75) is 19.4 Å². The normalized spacial score (nSPS) is 12.2. The summed E-state index contributed by atoms with van der Waals surface area (Å²) in [7, 11) is 1.84. The van der Waals surface area contributed by atoms with Crippen molar-refractivity contribution < 1.29 is 5.11 Å². The van der Waals surface area contributed by atoms with Crippen molar-refractivity contribution in [3.63, 3.8) is 0 Å². The lowest BCUT2D eigenvalue weighted by molar-refractivity contribution is 0.282. The maximum Gasteiger partial charge on any atom is 0.127 e. The fraction of sp³-hybridized carbons (Fsp3) is 0.500. The number of nitrogens with zero attached hydrogens (tertiary/aromatic N) is 1. The summed E-state index contributed by atoms with van der Waals surface area (Å²) >= 11 is 0. The van der Waals surface area contributed by atoms with Gasteiger partial charge in [0.15, 0.2) is 0 Å². The Balaban J connectivity index is 2.57. The molecule has 1 rings (SSSR count). The van der Waals surface area contributed by atoms with Gasteiger partial charge in [-0.2, -0.15) is 0 Å². The number of pyridine rings is 1. The summed E-state index contributed by atoms with van der Waals surface area (Å²) in [6.07, 6.45) is 2.50. The third-order valence-electron chi connectivity index (χ3n) is 1.99. The summed E-state index contributed by atoms with van der Waals surface area (Å²) in [5, 5.41) is 15.0. The number of hydrogen-bond acceptors (Lipinski definition) is 4. The van der Waals surface area contributed by atoms with E-state index >= 15 is 0 Å². The largest absolute Gasteiger partial charge is 0.396 e. The van der Waals surface area contributed by atoms with E-state index in [0.29, 0.717) is 0 Å². The van der Waals surface area contributed by atoms with E-state index in [9.17, 15) is 0 Å². The van der Waals surface area contributed by atoms with Gasteiger partial charge in [-0.25, -0.2) is 4.98 Å². The van der Waals surface area contributed by atoms with Crippen molar-refractivity contribution >= 4 is 11.5 Å². The average Bonchev–Trinajstić information content (AvgIpc) is 2.18. The Bertz CT molecular complexity index is 278. The summed E-state index contributed by atoms with van der Waals surface area (Å²) < 4.78 is 0. The number of aliphatic hydroxyl groups excluding tert-OH is 1. The molecule has 0 saturated carbocycles. The highest BCUT2D eigenvalue weighted by atomic mass is 16.3. The van der Waals surface area contributed by atoms with Gasteiger partial charge in [-0.05, 0) is 19.4 Å². The second kappa shape index (κ2) is 5.44. The molecule has 14 heavy (non-hydrogen) atoms. The SMILES string of the molecule is CNc1cc(NC(C)CCO)ccn1. The number of nitrogens with one attached hydrogen (secondary N) is 2. The molecule has 1 atom stereocenters. The molecule has 1 heterocycles. The fourth-order valence-electron chi connectivity index (χ4n) is 1.21. The van der Waals surface area contributed by atoms with Crippen LogP contribution in [0.15, 0.2) is 18.3 Å². The molecule has 0 aliphatic carbocycles. The van der Waals surface area contributed by atoms with Crippen molar-refractivity contribution in [3.05, 3.63) is 18.3 Å². The second-order valence-electron chi connectivity index (χ2n) is 3.24. The lowest BCUT2D eigenvalue weighted by Gasteiger charge is -2.14. The Labute approximate surface area is 84.4 Å². The van der Waals surface area contributed by atoms with Gasteiger partial charge in [0.1, 0.15) is 5.82 Å². The van der Waals surface area contributed by atoms with Crippen molar-refractivity contribution in [2.75, 3.05) is 24.3 Å². The quantitative estimate of drug-likeness (QED) is 0.663. The van der Waals surface area contributed by atoms with E-state index in [-0.39, 0.29) is 12.6 Å². The van der Waals surface area contributed by atoms with Gasteiger partial charge >= 0.3 is 0 Å². The molecule has 4 heteroatoms. The van der Waals surface area contributed by atoms with Crippen LogP contribution in [0.25, 0.3) is 0 Å². The van der Waals surface area contributed by atoms with E-state index in [1.807, 2.05) is 26.1 Å². The van der Waals surface area contributed by atoms with E-state index < -0.39 is 0 Å². The van der Waals surface area contributed by atoms with Gasteiger partial charge in [-0.3, -0.25) is 0 Å². The Morgan fingerprint density at radius 1 is 1.57 bits per heavy atom. The van der Waals surface area contributed by atoms with Crippen LogP contribution in [0, 0.1) is 0 Å². The van der Waals surface area contributed by atoms with E-state index in [2.05, 4.69) is 15.6 Å². The highest BCUT2D eigenvalue weighted by Gasteiger charge is 2.01. The predicted octanol–water partition coefficient (Wildman–Crippen LogP) is 1.31. The Hall–Kier alpha value is -1.29. The molecule has 0 fully saturated rings. The van der Waals surface area contributed by atoms with Gasteiger partial charge in [0.25, 0.3) is 0 Å². The highest BCUT2D eigenvalue weighted by molar-refractivity contribution is 5.51. The van der Waals surface area contributed by atoms with E-state index in [1.165, 1.54) is 0 Å². The van der Waals surface area contributed by atoms with Crippen LogP contribution in [0.5, 0.6) is 0 Å². The van der Waals surface area contributed by atoms with E-state index in [0.717, 1.165) is 17.9 Å². The maximum absolute atomic E-state index is 8.75. The Morgan fingerprint density at radius 3 is 3.00 bits per heavy atom. The molecule has 4 nitrogen and oxygen atoms in total. The van der Waals surface area contributed by atoms with Gasteiger partial charge in [-0.1, -0.05) is 0 Å². The molecule has 1 aromatic rings. The molecular formula is C10H17N3O. The fourth-order valence-corrected chi connectivity index (χ4v) is 1.21. The minimum Gasteiger partial charge on any atom is -0.396 e. The molecular weight excluding hydrogens is 178 g/mol.